The van der Waals surface area contributed by atoms with Crippen LogP contribution in [0, 0.1) is 18.3 Å². The van der Waals surface area contributed by atoms with Gasteiger partial charge in [0.05, 0.1) is 11.8 Å². The third-order valence-electron chi connectivity index (χ3n) is 3.61. The zero-order chi connectivity index (χ0) is 18.4. The second-order valence-electron chi connectivity index (χ2n) is 5.62. The fourth-order valence-corrected chi connectivity index (χ4v) is 2.23. The van der Waals surface area contributed by atoms with E-state index in [1.54, 1.807) is 36.5 Å². The van der Waals surface area contributed by atoms with Gasteiger partial charge in [0.1, 0.15) is 24.2 Å². The van der Waals surface area contributed by atoms with Crippen molar-refractivity contribution in [2.45, 2.75) is 13.5 Å². The number of carbonyl (C=O) groups is 1. The van der Waals surface area contributed by atoms with E-state index in [1.807, 2.05) is 31.2 Å². The Balaban J connectivity index is 1.64. The highest BCUT2D eigenvalue weighted by atomic mass is 16.5. The van der Waals surface area contributed by atoms with Gasteiger partial charge in [-0.2, -0.15) is 5.26 Å². The molecule has 1 amide bonds. The lowest BCUT2D eigenvalue weighted by Gasteiger charge is -2.08. The third-order valence-corrected chi connectivity index (χ3v) is 3.61. The summed E-state index contributed by atoms with van der Waals surface area (Å²) in [5, 5.41) is 11.5. The van der Waals surface area contributed by atoms with Crippen molar-refractivity contribution in [1.82, 2.24) is 9.97 Å². The first-order valence-corrected chi connectivity index (χ1v) is 7.96. The third kappa shape index (κ3) is 4.42. The number of nitriles is 1. The van der Waals surface area contributed by atoms with Gasteiger partial charge in [-0.15, -0.1) is 0 Å². The molecule has 6 heteroatoms. The van der Waals surface area contributed by atoms with E-state index in [4.69, 9.17) is 10.00 Å². The Labute approximate surface area is 151 Å². The molecule has 0 saturated heterocycles. The minimum Gasteiger partial charge on any atom is -0.487 e. The van der Waals surface area contributed by atoms with Gasteiger partial charge in [-0.1, -0.05) is 12.1 Å². The summed E-state index contributed by atoms with van der Waals surface area (Å²) >= 11 is 0. The van der Waals surface area contributed by atoms with E-state index in [2.05, 4.69) is 15.3 Å². The van der Waals surface area contributed by atoms with Crippen LogP contribution in [0.2, 0.25) is 0 Å². The molecule has 0 atom stereocenters. The number of hydrogen-bond donors (Lipinski definition) is 1. The Bertz CT molecular complexity index is 945. The first kappa shape index (κ1) is 17.1. The maximum Gasteiger partial charge on any atom is 0.256 e. The lowest BCUT2D eigenvalue weighted by molar-refractivity contribution is 0.102. The van der Waals surface area contributed by atoms with Crippen LogP contribution in [0.4, 0.5) is 5.82 Å². The van der Waals surface area contributed by atoms with Gasteiger partial charge in [-0.3, -0.25) is 9.78 Å². The number of aryl methyl sites for hydroxylation is 1. The van der Waals surface area contributed by atoms with Gasteiger partial charge in [0, 0.05) is 17.5 Å². The number of benzene rings is 1. The molecule has 2 heterocycles. The van der Waals surface area contributed by atoms with Crippen molar-refractivity contribution >= 4 is 11.7 Å². The highest BCUT2D eigenvalue weighted by Crippen LogP contribution is 2.14. The van der Waals surface area contributed by atoms with Crippen molar-refractivity contribution in [3.8, 4) is 11.8 Å². The second-order valence-corrected chi connectivity index (χ2v) is 5.62. The summed E-state index contributed by atoms with van der Waals surface area (Å²) in [7, 11) is 0. The van der Waals surface area contributed by atoms with Crippen LogP contribution in [-0.4, -0.2) is 15.9 Å². The number of carbonyl (C=O) groups excluding carboxylic acids is 1. The standard InChI is InChI=1S/C20H16N4O2/c1-14-5-7-18(12-22-14)26-13-15-3-2-4-17(9-15)20(25)24-19-8-6-16(10-21)11-23-19/h2-9,11-12H,13H2,1H3,(H,23,24,25). The molecule has 0 unspecified atom stereocenters. The van der Waals surface area contributed by atoms with Gasteiger partial charge in [-0.25, -0.2) is 4.98 Å². The molecule has 0 aliphatic heterocycles. The normalized spacial score (nSPS) is 10.0. The average Bonchev–Trinajstić information content (AvgIpc) is 2.68. The van der Waals surface area contributed by atoms with Crippen molar-refractivity contribution in [3.05, 3.63) is 83.3 Å². The van der Waals surface area contributed by atoms with Crippen LogP contribution < -0.4 is 10.1 Å². The second kappa shape index (κ2) is 7.90. The fraction of sp³-hybridized carbons (Fsp3) is 0.100. The van der Waals surface area contributed by atoms with E-state index in [0.29, 0.717) is 29.3 Å². The summed E-state index contributed by atoms with van der Waals surface area (Å²) in [6.45, 7) is 2.25. The van der Waals surface area contributed by atoms with Gasteiger partial charge in [-0.05, 0) is 48.9 Å². The van der Waals surface area contributed by atoms with E-state index >= 15 is 0 Å². The molecule has 0 radical (unpaired) electrons. The lowest BCUT2D eigenvalue weighted by Crippen LogP contribution is -2.13. The van der Waals surface area contributed by atoms with Crippen LogP contribution in [-0.2, 0) is 6.61 Å². The quantitative estimate of drug-likeness (QED) is 0.765. The smallest absolute Gasteiger partial charge is 0.256 e. The van der Waals surface area contributed by atoms with Gasteiger partial charge in [0.15, 0.2) is 0 Å². The van der Waals surface area contributed by atoms with Crippen LogP contribution >= 0.6 is 0 Å². The number of ether oxygens (including phenoxy) is 1. The highest BCUT2D eigenvalue weighted by molar-refractivity contribution is 6.03. The van der Waals surface area contributed by atoms with E-state index in [-0.39, 0.29) is 5.91 Å². The van der Waals surface area contributed by atoms with Crippen molar-refractivity contribution in [1.29, 1.82) is 5.26 Å². The molecule has 2 aromatic heterocycles. The minimum atomic E-state index is -0.277. The molecule has 26 heavy (non-hydrogen) atoms. The molecule has 128 valence electrons. The van der Waals surface area contributed by atoms with Gasteiger partial charge < -0.3 is 10.1 Å². The van der Waals surface area contributed by atoms with Crippen LogP contribution in [0.5, 0.6) is 5.75 Å². The zero-order valence-electron chi connectivity index (χ0n) is 14.1. The minimum absolute atomic E-state index is 0.277. The summed E-state index contributed by atoms with van der Waals surface area (Å²) in [5.74, 6) is 0.787. The number of nitrogens with zero attached hydrogens (tertiary/aromatic N) is 3. The van der Waals surface area contributed by atoms with Crippen LogP contribution in [0.15, 0.2) is 60.9 Å². The molecular weight excluding hydrogens is 328 g/mol. The van der Waals surface area contributed by atoms with E-state index in [1.165, 1.54) is 6.20 Å². The number of nitrogens with one attached hydrogen (secondary N) is 1. The summed E-state index contributed by atoms with van der Waals surface area (Å²) in [5.41, 5.74) is 2.73. The zero-order valence-corrected chi connectivity index (χ0v) is 14.1. The molecule has 3 aromatic rings. The number of hydrogen-bond acceptors (Lipinski definition) is 5. The Morgan fingerprint density at radius 1 is 1.15 bits per heavy atom. The summed E-state index contributed by atoms with van der Waals surface area (Å²) in [6, 6.07) is 16.1. The summed E-state index contributed by atoms with van der Waals surface area (Å²) in [6.07, 6.45) is 3.08. The molecule has 0 aliphatic rings. The molecule has 0 saturated carbocycles. The van der Waals surface area contributed by atoms with E-state index < -0.39 is 0 Å². The molecule has 1 N–H and O–H groups in total. The maximum absolute atomic E-state index is 12.4. The molecule has 0 bridgehead atoms. The fourth-order valence-electron chi connectivity index (χ4n) is 2.23. The molecular formula is C20H16N4O2. The predicted octanol–water partition coefficient (Wildman–Crippen LogP) is 3.49. The van der Waals surface area contributed by atoms with Gasteiger partial charge in [0.2, 0.25) is 0 Å². The number of amides is 1. The molecule has 6 nitrogen and oxygen atoms in total. The highest BCUT2D eigenvalue weighted by Gasteiger charge is 2.08. The molecule has 0 aliphatic carbocycles. The Morgan fingerprint density at radius 2 is 2.04 bits per heavy atom. The first-order chi connectivity index (χ1) is 12.6. The lowest BCUT2D eigenvalue weighted by atomic mass is 10.1. The molecule has 1 aromatic carbocycles. The Hall–Kier alpha value is -3.72. The van der Waals surface area contributed by atoms with Crippen LogP contribution in [0.3, 0.4) is 0 Å². The number of anilines is 1. The van der Waals surface area contributed by atoms with Crippen LogP contribution in [0.25, 0.3) is 0 Å². The van der Waals surface area contributed by atoms with Crippen molar-refractivity contribution in [2.24, 2.45) is 0 Å². The number of pyridine rings is 2. The molecule has 0 spiro atoms. The van der Waals surface area contributed by atoms with Crippen molar-refractivity contribution < 1.29 is 9.53 Å². The van der Waals surface area contributed by atoms with E-state index in [9.17, 15) is 4.79 Å². The monoisotopic (exact) mass is 344 g/mol. The Morgan fingerprint density at radius 3 is 2.73 bits per heavy atom. The summed E-state index contributed by atoms with van der Waals surface area (Å²) in [4.78, 5) is 20.6. The maximum atomic E-state index is 12.4. The molecule has 0 fully saturated rings. The van der Waals surface area contributed by atoms with Gasteiger partial charge in [0.25, 0.3) is 5.91 Å². The number of aromatic nitrogens is 2. The topological polar surface area (TPSA) is 87.9 Å². The van der Waals surface area contributed by atoms with E-state index in [0.717, 1.165) is 11.3 Å². The van der Waals surface area contributed by atoms with Crippen molar-refractivity contribution in [2.75, 3.05) is 5.32 Å². The van der Waals surface area contributed by atoms with Gasteiger partial charge >= 0.3 is 0 Å². The largest absolute Gasteiger partial charge is 0.487 e. The average molecular weight is 344 g/mol. The SMILES string of the molecule is Cc1ccc(OCc2cccc(C(=O)Nc3ccc(C#N)cn3)c2)cn1. The summed E-state index contributed by atoms with van der Waals surface area (Å²) < 4.78 is 5.69. The number of rotatable bonds is 5. The first-order valence-electron chi connectivity index (χ1n) is 7.96. The van der Waals surface area contributed by atoms with Crippen molar-refractivity contribution in [3.63, 3.8) is 0 Å². The molecule has 3 rings (SSSR count). The Kier molecular flexibility index (Phi) is 5.20. The van der Waals surface area contributed by atoms with Crippen LogP contribution in [0.1, 0.15) is 27.2 Å². The predicted molar refractivity (Wildman–Crippen MR) is 96.7 cm³/mol.